The summed E-state index contributed by atoms with van der Waals surface area (Å²) in [6.07, 6.45) is 0. The highest BCUT2D eigenvalue weighted by Gasteiger charge is 2.39. The molecule has 0 saturated carbocycles. The zero-order valence-corrected chi connectivity index (χ0v) is 28.4. The summed E-state index contributed by atoms with van der Waals surface area (Å²) in [5.41, 5.74) is 8.12. The van der Waals surface area contributed by atoms with Crippen LogP contribution < -0.4 is 4.74 Å². The smallest absolute Gasteiger partial charge is 0.344 e. The van der Waals surface area contributed by atoms with Crippen molar-refractivity contribution in [1.29, 1.82) is 0 Å². The van der Waals surface area contributed by atoms with Crippen molar-refractivity contribution in [3.8, 4) is 5.75 Å². The molecule has 0 unspecified atom stereocenters. The molecule has 0 atom stereocenters. The largest absolute Gasteiger partial charge is 0.482 e. The first-order chi connectivity index (χ1) is 20.6. The summed E-state index contributed by atoms with van der Waals surface area (Å²) in [4.78, 5) is 11.9. The van der Waals surface area contributed by atoms with Crippen LogP contribution in [0.3, 0.4) is 0 Å². The minimum Gasteiger partial charge on any atom is -0.482 e. The number of hydrogen-bond acceptors (Lipinski definition) is 3. The third kappa shape index (κ3) is 7.09. The van der Waals surface area contributed by atoms with E-state index < -0.39 is 5.41 Å². The van der Waals surface area contributed by atoms with Crippen LogP contribution >= 0.6 is 0 Å². The van der Waals surface area contributed by atoms with Crippen molar-refractivity contribution in [3.05, 3.63) is 136 Å². The van der Waals surface area contributed by atoms with E-state index in [1.165, 1.54) is 33.4 Å². The molecule has 232 valence electrons. The van der Waals surface area contributed by atoms with Crippen LogP contribution in [-0.4, -0.2) is 19.2 Å². The van der Waals surface area contributed by atoms with Gasteiger partial charge in [0.05, 0.1) is 12.0 Å². The number of ether oxygens (including phenoxy) is 2. The molecule has 3 nitrogen and oxygen atoms in total. The van der Waals surface area contributed by atoms with Gasteiger partial charge in [0.1, 0.15) is 5.75 Å². The second-order valence-corrected chi connectivity index (χ2v) is 14.9. The molecule has 0 aliphatic rings. The lowest BCUT2D eigenvalue weighted by Crippen LogP contribution is -2.31. The van der Waals surface area contributed by atoms with Crippen molar-refractivity contribution in [1.82, 2.24) is 0 Å². The van der Waals surface area contributed by atoms with Crippen LogP contribution in [0, 0.1) is 0 Å². The predicted molar refractivity (Wildman–Crippen MR) is 183 cm³/mol. The lowest BCUT2D eigenvalue weighted by atomic mass is 9.64. The predicted octanol–water partition coefficient (Wildman–Crippen LogP) is 9.90. The first kappa shape index (κ1) is 33.1. The first-order valence-electron chi connectivity index (χ1n) is 15.8. The van der Waals surface area contributed by atoms with Crippen molar-refractivity contribution in [2.24, 2.45) is 0 Å². The molecule has 4 rings (SSSR count). The van der Waals surface area contributed by atoms with E-state index >= 15 is 0 Å². The molecule has 0 heterocycles. The Morgan fingerprint density at radius 2 is 0.750 bits per heavy atom. The van der Waals surface area contributed by atoms with Crippen molar-refractivity contribution in [3.63, 3.8) is 0 Å². The third-order valence-electron chi connectivity index (χ3n) is 8.50. The van der Waals surface area contributed by atoms with Gasteiger partial charge in [-0.1, -0.05) is 147 Å². The van der Waals surface area contributed by atoms with E-state index in [0.717, 1.165) is 5.56 Å². The molecule has 0 aromatic heterocycles. The second kappa shape index (κ2) is 12.6. The molecule has 4 aromatic rings. The van der Waals surface area contributed by atoms with Crippen molar-refractivity contribution >= 4 is 5.97 Å². The molecule has 0 aliphatic carbocycles. The Morgan fingerprint density at radius 3 is 1.02 bits per heavy atom. The van der Waals surface area contributed by atoms with E-state index in [1.54, 1.807) is 6.92 Å². The molecule has 0 fully saturated rings. The summed E-state index contributed by atoms with van der Waals surface area (Å²) in [7, 11) is 0. The Morgan fingerprint density at radius 1 is 0.477 bits per heavy atom. The maximum atomic E-state index is 11.9. The average Bonchev–Trinajstić information content (AvgIpc) is 2.97. The SMILES string of the molecule is CCOC(=O)COc1ccc(C(c2ccc(C(C)(C)C)cc2)(c2ccc(C(C)(C)C)cc2)c2ccc(C(C)(C)C)cc2)cc1. The van der Waals surface area contributed by atoms with Gasteiger partial charge in [-0.2, -0.15) is 0 Å². The standard InChI is InChI=1S/C41H50O3/c1-11-43-37(42)28-44-36-26-24-35(25-27-36)41(32-18-12-29(13-19-32)38(2,3)4,33-20-14-30(15-21-33)39(5,6)7)34-22-16-31(17-23-34)40(8,9)10/h12-27H,11,28H2,1-10H3. The lowest BCUT2D eigenvalue weighted by Gasteiger charge is -2.38. The van der Waals surface area contributed by atoms with Crippen LogP contribution in [0.2, 0.25) is 0 Å². The first-order valence-corrected chi connectivity index (χ1v) is 15.8. The molecule has 0 aliphatic heterocycles. The molecule has 4 aromatic carbocycles. The Bertz CT molecular complexity index is 1380. The van der Waals surface area contributed by atoms with Gasteiger partial charge in [-0.3, -0.25) is 0 Å². The van der Waals surface area contributed by atoms with E-state index in [0.29, 0.717) is 12.4 Å². The van der Waals surface area contributed by atoms with Crippen molar-refractivity contribution in [2.45, 2.75) is 90.9 Å². The van der Waals surface area contributed by atoms with Gasteiger partial charge < -0.3 is 9.47 Å². The maximum Gasteiger partial charge on any atom is 0.344 e. The van der Waals surface area contributed by atoms with Crippen molar-refractivity contribution < 1.29 is 14.3 Å². The zero-order chi connectivity index (χ0) is 32.3. The highest BCUT2D eigenvalue weighted by molar-refractivity contribution is 5.71. The number of rotatable bonds is 8. The zero-order valence-electron chi connectivity index (χ0n) is 28.4. The summed E-state index contributed by atoms with van der Waals surface area (Å²) in [5, 5.41) is 0. The lowest BCUT2D eigenvalue weighted by molar-refractivity contribution is -0.145. The van der Waals surface area contributed by atoms with Crippen LogP contribution in [0.15, 0.2) is 97.1 Å². The molecule has 0 amide bonds. The average molecular weight is 591 g/mol. The van der Waals surface area contributed by atoms with Gasteiger partial charge in [-0.25, -0.2) is 4.79 Å². The number of esters is 1. The number of carbonyl (C=O) groups excluding carboxylic acids is 1. The molecular formula is C41H50O3. The van der Waals surface area contributed by atoms with E-state index in [2.05, 4.69) is 147 Å². The van der Waals surface area contributed by atoms with E-state index in [1.807, 2.05) is 12.1 Å². The summed E-state index contributed by atoms with van der Waals surface area (Å²) in [6, 6.07) is 35.6. The Labute approximate surface area is 265 Å². The van der Waals surface area contributed by atoms with Crippen molar-refractivity contribution in [2.75, 3.05) is 13.2 Å². The van der Waals surface area contributed by atoms with Crippen LogP contribution in [0.5, 0.6) is 5.75 Å². The molecule has 44 heavy (non-hydrogen) atoms. The van der Waals surface area contributed by atoms with E-state index in [-0.39, 0.29) is 28.8 Å². The van der Waals surface area contributed by atoms with Gasteiger partial charge in [-0.05, 0) is 74.2 Å². The monoisotopic (exact) mass is 590 g/mol. The molecule has 0 bridgehead atoms. The summed E-state index contributed by atoms with van der Waals surface area (Å²) >= 11 is 0. The summed E-state index contributed by atoms with van der Waals surface area (Å²) < 4.78 is 10.8. The number of carbonyl (C=O) groups is 1. The fourth-order valence-electron chi connectivity index (χ4n) is 5.81. The van der Waals surface area contributed by atoms with E-state index in [9.17, 15) is 4.79 Å². The van der Waals surface area contributed by atoms with Crippen LogP contribution in [0.4, 0.5) is 0 Å². The number of hydrogen-bond donors (Lipinski definition) is 0. The molecule has 0 saturated heterocycles. The summed E-state index contributed by atoms with van der Waals surface area (Å²) in [6.45, 7) is 22.3. The number of benzene rings is 4. The van der Waals surface area contributed by atoms with Gasteiger partial charge in [0.2, 0.25) is 0 Å². The highest BCUT2D eigenvalue weighted by atomic mass is 16.6. The van der Waals surface area contributed by atoms with Gasteiger partial charge in [-0.15, -0.1) is 0 Å². The fraction of sp³-hybridized carbons (Fsp3) is 0.390. The summed E-state index contributed by atoms with van der Waals surface area (Å²) in [5.74, 6) is 0.257. The van der Waals surface area contributed by atoms with Crippen LogP contribution in [0.25, 0.3) is 0 Å². The molecular weight excluding hydrogens is 540 g/mol. The van der Waals surface area contributed by atoms with Gasteiger partial charge >= 0.3 is 5.97 Å². The molecule has 0 radical (unpaired) electrons. The fourth-order valence-corrected chi connectivity index (χ4v) is 5.81. The van der Waals surface area contributed by atoms with Crippen LogP contribution in [-0.2, 0) is 31.2 Å². The second-order valence-electron chi connectivity index (χ2n) is 14.9. The Balaban J connectivity index is 1.98. The quantitative estimate of drug-likeness (QED) is 0.151. The Hall–Kier alpha value is -3.85. The topological polar surface area (TPSA) is 35.5 Å². The van der Waals surface area contributed by atoms with E-state index in [4.69, 9.17) is 9.47 Å². The Kier molecular flexibility index (Phi) is 9.49. The normalized spacial score (nSPS) is 12.6. The highest BCUT2D eigenvalue weighted by Crippen LogP contribution is 2.47. The third-order valence-corrected chi connectivity index (χ3v) is 8.50. The van der Waals surface area contributed by atoms with Gasteiger partial charge in [0, 0.05) is 0 Å². The van der Waals surface area contributed by atoms with Gasteiger partial charge in [0.15, 0.2) is 6.61 Å². The van der Waals surface area contributed by atoms with Crippen LogP contribution in [0.1, 0.15) is 108 Å². The molecule has 0 N–H and O–H groups in total. The maximum absolute atomic E-state index is 11.9. The molecule has 0 spiro atoms. The minimum absolute atomic E-state index is 0.0435. The molecule has 3 heteroatoms. The minimum atomic E-state index is -0.594. The van der Waals surface area contributed by atoms with Gasteiger partial charge in [0.25, 0.3) is 0 Å².